The van der Waals surface area contributed by atoms with Crippen LogP contribution in [-0.2, 0) is 38.1 Å². The molecule has 0 bridgehead atoms. The maximum absolute atomic E-state index is 11.6. The number of aryl methyl sites for hydroxylation is 1. The lowest BCUT2D eigenvalue weighted by Gasteiger charge is -2.38. The van der Waals surface area contributed by atoms with E-state index >= 15 is 0 Å². The molecule has 1 N–H and O–H groups in total. The first-order valence-electron chi connectivity index (χ1n) is 12.6. The molecule has 3 aliphatic rings. The third-order valence-corrected chi connectivity index (χ3v) is 7.55. The summed E-state index contributed by atoms with van der Waals surface area (Å²) in [6, 6.07) is 3.96. The van der Waals surface area contributed by atoms with Gasteiger partial charge in [-0.05, 0) is 12.5 Å². The number of nitrogens with zero attached hydrogens (tertiary/aromatic N) is 3. The molecule has 0 aliphatic carbocycles. The smallest absolute Gasteiger partial charge is 0.222 e. The largest absolute Gasteiger partial charge is 0.493 e. The number of pyridine rings is 2. The van der Waals surface area contributed by atoms with Gasteiger partial charge in [-0.25, -0.2) is 9.97 Å². The first-order valence-corrected chi connectivity index (χ1v) is 12.6. The fraction of sp³-hybridized carbons (Fsp3) is 0.519. The Kier molecular flexibility index (Phi) is 5.74. The minimum Gasteiger partial charge on any atom is -0.493 e. The second-order valence-corrected chi connectivity index (χ2v) is 10.6. The number of aromatic nitrogens is 3. The molecular formula is C27H32N4O5. The molecule has 1 amide bonds. The molecule has 2 fully saturated rings. The zero-order valence-electron chi connectivity index (χ0n) is 21.1. The molecule has 2 saturated heterocycles. The average molecular weight is 493 g/mol. The standard InChI is InChI=1S/C27H32N4O5/c1-17(32)29-24-10-19-20(13-31(3)22(19)12-28-24)21-11-23(35-9-5-26(2)14-34-15-26)18-4-7-36-27(25(18)30-21)6-8-33-16-27/h10-13H,4-9,14-16H2,1-3H3,(H,28,29,32). The Hall–Kier alpha value is -3.01. The van der Waals surface area contributed by atoms with Crippen molar-refractivity contribution in [1.29, 1.82) is 0 Å². The van der Waals surface area contributed by atoms with Crippen LogP contribution in [0.25, 0.3) is 22.2 Å². The Morgan fingerprint density at radius 2 is 2.08 bits per heavy atom. The number of hydrogen-bond acceptors (Lipinski definition) is 7. The Morgan fingerprint density at radius 1 is 1.22 bits per heavy atom. The lowest BCUT2D eigenvalue weighted by molar-refractivity contribution is -0.114. The Morgan fingerprint density at radius 3 is 2.81 bits per heavy atom. The van der Waals surface area contributed by atoms with Crippen molar-refractivity contribution in [2.75, 3.05) is 45.0 Å². The van der Waals surface area contributed by atoms with Gasteiger partial charge in [0.2, 0.25) is 5.91 Å². The molecule has 0 aromatic carbocycles. The van der Waals surface area contributed by atoms with Crippen LogP contribution in [0.4, 0.5) is 5.82 Å². The van der Waals surface area contributed by atoms with Gasteiger partial charge >= 0.3 is 0 Å². The highest BCUT2D eigenvalue weighted by Gasteiger charge is 2.44. The van der Waals surface area contributed by atoms with Crippen molar-refractivity contribution in [2.45, 2.75) is 38.7 Å². The highest BCUT2D eigenvalue weighted by Crippen LogP contribution is 2.44. The number of carbonyl (C=O) groups is 1. The summed E-state index contributed by atoms with van der Waals surface area (Å²) in [5.74, 6) is 1.21. The van der Waals surface area contributed by atoms with E-state index in [1.807, 2.05) is 17.7 Å². The Balaban J connectivity index is 1.45. The van der Waals surface area contributed by atoms with E-state index in [-0.39, 0.29) is 11.3 Å². The molecule has 9 nitrogen and oxygen atoms in total. The molecule has 3 aliphatic heterocycles. The molecule has 1 unspecified atom stereocenters. The summed E-state index contributed by atoms with van der Waals surface area (Å²) in [4.78, 5) is 21.2. The summed E-state index contributed by atoms with van der Waals surface area (Å²) < 4.78 is 26.0. The number of anilines is 1. The molecule has 0 radical (unpaired) electrons. The second-order valence-electron chi connectivity index (χ2n) is 10.6. The number of rotatable bonds is 6. The van der Waals surface area contributed by atoms with Crippen LogP contribution in [0.3, 0.4) is 0 Å². The lowest BCUT2D eigenvalue weighted by atomic mass is 9.85. The molecule has 190 valence electrons. The Labute approximate surface area is 210 Å². The van der Waals surface area contributed by atoms with E-state index in [4.69, 9.17) is 23.9 Å². The van der Waals surface area contributed by atoms with Crippen molar-refractivity contribution in [1.82, 2.24) is 14.5 Å². The zero-order valence-corrected chi connectivity index (χ0v) is 21.1. The van der Waals surface area contributed by atoms with Gasteiger partial charge in [0.25, 0.3) is 0 Å². The van der Waals surface area contributed by atoms with E-state index in [0.29, 0.717) is 32.2 Å². The number of nitrogens with one attached hydrogen (secondary N) is 1. The average Bonchev–Trinajstić information content (AvgIpc) is 3.43. The van der Waals surface area contributed by atoms with Crippen molar-refractivity contribution < 1.29 is 23.7 Å². The predicted molar refractivity (Wildman–Crippen MR) is 134 cm³/mol. The summed E-state index contributed by atoms with van der Waals surface area (Å²) >= 11 is 0. The quantitative estimate of drug-likeness (QED) is 0.562. The normalized spacial score (nSPS) is 22.4. The number of ether oxygens (including phenoxy) is 4. The number of hydrogen-bond donors (Lipinski definition) is 1. The zero-order chi connectivity index (χ0) is 24.9. The van der Waals surface area contributed by atoms with E-state index in [9.17, 15) is 4.79 Å². The number of amides is 1. The summed E-state index contributed by atoms with van der Waals surface area (Å²) in [6.07, 6.45) is 6.29. The maximum atomic E-state index is 11.6. The van der Waals surface area contributed by atoms with Crippen LogP contribution in [0, 0.1) is 5.41 Å². The highest BCUT2D eigenvalue weighted by molar-refractivity contribution is 5.98. The van der Waals surface area contributed by atoms with E-state index < -0.39 is 5.60 Å². The van der Waals surface area contributed by atoms with Crippen LogP contribution >= 0.6 is 0 Å². The van der Waals surface area contributed by atoms with Crippen molar-refractivity contribution in [3.05, 3.63) is 35.8 Å². The van der Waals surface area contributed by atoms with Crippen LogP contribution in [0.1, 0.15) is 37.9 Å². The van der Waals surface area contributed by atoms with Crippen molar-refractivity contribution in [3.8, 4) is 17.0 Å². The van der Waals surface area contributed by atoms with E-state index in [2.05, 4.69) is 29.5 Å². The predicted octanol–water partition coefficient (Wildman–Crippen LogP) is 3.59. The lowest BCUT2D eigenvalue weighted by Crippen LogP contribution is -2.41. The van der Waals surface area contributed by atoms with E-state index in [0.717, 1.165) is 71.6 Å². The third kappa shape index (κ3) is 4.05. The minimum absolute atomic E-state index is 0.159. The maximum Gasteiger partial charge on any atom is 0.222 e. The van der Waals surface area contributed by atoms with Crippen LogP contribution in [-0.4, -0.2) is 60.1 Å². The molecule has 1 atom stereocenters. The molecule has 36 heavy (non-hydrogen) atoms. The van der Waals surface area contributed by atoms with Crippen LogP contribution in [0.2, 0.25) is 0 Å². The molecule has 3 aromatic rings. The molecule has 9 heteroatoms. The summed E-state index contributed by atoms with van der Waals surface area (Å²) in [5.41, 5.74) is 4.40. The van der Waals surface area contributed by atoms with Gasteiger partial charge in [-0.1, -0.05) is 6.92 Å². The first kappa shape index (κ1) is 23.4. The van der Waals surface area contributed by atoms with Gasteiger partial charge in [-0.15, -0.1) is 0 Å². The summed E-state index contributed by atoms with van der Waals surface area (Å²) in [7, 11) is 1.98. The monoisotopic (exact) mass is 492 g/mol. The number of carbonyl (C=O) groups excluding carboxylic acids is 1. The second kappa shape index (κ2) is 8.83. The van der Waals surface area contributed by atoms with Crippen molar-refractivity contribution in [3.63, 3.8) is 0 Å². The summed E-state index contributed by atoms with van der Waals surface area (Å²) in [6.45, 7) is 7.67. The van der Waals surface area contributed by atoms with Crippen LogP contribution in [0.5, 0.6) is 5.75 Å². The molecular weight excluding hydrogens is 460 g/mol. The van der Waals surface area contributed by atoms with Crippen LogP contribution < -0.4 is 10.1 Å². The van der Waals surface area contributed by atoms with Gasteiger partial charge in [0.1, 0.15) is 17.2 Å². The molecule has 0 saturated carbocycles. The topological polar surface area (TPSA) is 96.7 Å². The van der Waals surface area contributed by atoms with Gasteiger partial charge in [0.05, 0.1) is 56.1 Å². The fourth-order valence-corrected chi connectivity index (χ4v) is 5.43. The molecule has 6 heterocycles. The Bertz CT molecular complexity index is 1320. The molecule has 1 spiro atoms. The van der Waals surface area contributed by atoms with Crippen molar-refractivity contribution in [2.24, 2.45) is 12.5 Å². The van der Waals surface area contributed by atoms with Gasteiger partial charge in [-0.2, -0.15) is 0 Å². The van der Waals surface area contributed by atoms with E-state index in [1.54, 1.807) is 6.20 Å². The fourth-order valence-electron chi connectivity index (χ4n) is 5.43. The van der Waals surface area contributed by atoms with E-state index in [1.165, 1.54) is 6.92 Å². The number of fused-ring (bicyclic) bond motifs is 3. The highest BCUT2D eigenvalue weighted by atomic mass is 16.6. The molecule has 6 rings (SSSR count). The third-order valence-electron chi connectivity index (χ3n) is 7.55. The van der Waals surface area contributed by atoms with Crippen molar-refractivity contribution >= 4 is 22.6 Å². The minimum atomic E-state index is -0.539. The first-order chi connectivity index (χ1) is 17.4. The van der Waals surface area contributed by atoms with Gasteiger partial charge < -0.3 is 28.8 Å². The van der Waals surface area contributed by atoms with Crippen LogP contribution in [0.15, 0.2) is 24.5 Å². The van der Waals surface area contributed by atoms with Gasteiger partial charge in [-0.3, -0.25) is 4.79 Å². The van der Waals surface area contributed by atoms with Gasteiger partial charge in [0.15, 0.2) is 0 Å². The molecule has 3 aromatic heterocycles. The summed E-state index contributed by atoms with van der Waals surface area (Å²) in [5, 5.41) is 3.75. The van der Waals surface area contributed by atoms with Gasteiger partial charge in [0, 0.05) is 67.6 Å². The SMILES string of the molecule is CC(=O)Nc1cc2c(-c3cc(OCCC4(C)COC4)c4c(n3)C3(CCOC3)OCC4)cn(C)c2cn1.